The molecule has 126 valence electrons. The molecule has 6 nitrogen and oxygen atoms in total. The van der Waals surface area contributed by atoms with Crippen LogP contribution in [-0.2, 0) is 11.3 Å². The van der Waals surface area contributed by atoms with E-state index in [1.807, 2.05) is 18.2 Å². The van der Waals surface area contributed by atoms with E-state index >= 15 is 0 Å². The summed E-state index contributed by atoms with van der Waals surface area (Å²) in [5.74, 6) is 0.662. The first-order chi connectivity index (χ1) is 11.6. The number of rotatable bonds is 3. The van der Waals surface area contributed by atoms with Crippen LogP contribution in [0.25, 0.3) is 10.9 Å². The van der Waals surface area contributed by atoms with Crippen LogP contribution in [0.15, 0.2) is 30.3 Å². The quantitative estimate of drug-likeness (QED) is 0.865. The van der Waals surface area contributed by atoms with Crippen LogP contribution in [0.2, 0.25) is 0 Å². The molecule has 4 rings (SSSR count). The highest BCUT2D eigenvalue weighted by atomic mass is 16.6. The number of hydrogen-bond donors (Lipinski definition) is 0. The minimum Gasteiger partial charge on any atom is -0.481 e. The van der Waals surface area contributed by atoms with Gasteiger partial charge in [-0.15, -0.1) is 0 Å². The van der Waals surface area contributed by atoms with E-state index < -0.39 is 0 Å². The van der Waals surface area contributed by atoms with E-state index in [4.69, 9.17) is 9.47 Å². The van der Waals surface area contributed by atoms with E-state index in [0.29, 0.717) is 12.4 Å². The van der Waals surface area contributed by atoms with Crippen molar-refractivity contribution in [3.8, 4) is 5.88 Å². The molecule has 2 saturated heterocycles. The lowest BCUT2D eigenvalue weighted by Crippen LogP contribution is -2.37. The van der Waals surface area contributed by atoms with Crippen molar-refractivity contribution < 1.29 is 14.3 Å². The number of carbonyl (C=O) groups is 1. The number of hydrogen-bond acceptors (Lipinski definition) is 5. The van der Waals surface area contributed by atoms with E-state index in [1.165, 1.54) is 0 Å². The maximum Gasteiger partial charge on any atom is 0.410 e. The normalized spacial score (nSPS) is 24.1. The largest absolute Gasteiger partial charge is 0.481 e. The van der Waals surface area contributed by atoms with Crippen LogP contribution >= 0.6 is 0 Å². The Balaban J connectivity index is 1.56. The number of likely N-dealkylation sites (tertiary alicyclic amines) is 1. The maximum atomic E-state index is 11.7. The summed E-state index contributed by atoms with van der Waals surface area (Å²) in [6.45, 7) is 3.05. The highest BCUT2D eigenvalue weighted by Gasteiger charge is 2.48. The zero-order chi connectivity index (χ0) is 16.7. The van der Waals surface area contributed by atoms with Gasteiger partial charge in [0.25, 0.3) is 0 Å². The van der Waals surface area contributed by atoms with Gasteiger partial charge in [0.1, 0.15) is 5.60 Å². The molecule has 1 atom stereocenters. The summed E-state index contributed by atoms with van der Waals surface area (Å²) in [4.78, 5) is 20.3. The fourth-order valence-electron chi connectivity index (χ4n) is 3.74. The SMILES string of the molecule is COc1nc2ccccc2cc1CN1CC[C@]2(C1)CN(C)C(=O)O2. The Morgan fingerprint density at radius 1 is 1.33 bits per heavy atom. The maximum absolute atomic E-state index is 11.7. The molecule has 0 bridgehead atoms. The number of nitrogens with zero attached hydrogens (tertiary/aromatic N) is 3. The Bertz CT molecular complexity index is 794. The van der Waals surface area contributed by atoms with Crippen molar-refractivity contribution in [3.63, 3.8) is 0 Å². The molecule has 2 fully saturated rings. The first kappa shape index (κ1) is 15.2. The molecule has 0 unspecified atom stereocenters. The molecular formula is C18H21N3O3. The average Bonchev–Trinajstić information content (AvgIpc) is 3.08. The lowest BCUT2D eigenvalue weighted by molar-refractivity contribution is 0.0626. The zero-order valence-corrected chi connectivity index (χ0v) is 14.0. The minimum atomic E-state index is -0.358. The predicted octanol–water partition coefficient (Wildman–Crippen LogP) is 2.27. The van der Waals surface area contributed by atoms with Gasteiger partial charge in [0, 0.05) is 44.1 Å². The highest BCUT2D eigenvalue weighted by molar-refractivity contribution is 5.80. The van der Waals surface area contributed by atoms with Crippen molar-refractivity contribution in [1.29, 1.82) is 0 Å². The first-order valence-corrected chi connectivity index (χ1v) is 8.18. The summed E-state index contributed by atoms with van der Waals surface area (Å²) >= 11 is 0. The average molecular weight is 327 g/mol. The fraction of sp³-hybridized carbons (Fsp3) is 0.444. The van der Waals surface area contributed by atoms with Gasteiger partial charge in [-0.2, -0.15) is 0 Å². The van der Waals surface area contributed by atoms with Gasteiger partial charge in [-0.25, -0.2) is 9.78 Å². The van der Waals surface area contributed by atoms with E-state index in [9.17, 15) is 4.79 Å². The van der Waals surface area contributed by atoms with Crippen molar-refractivity contribution >= 4 is 17.0 Å². The van der Waals surface area contributed by atoms with Gasteiger partial charge in [-0.3, -0.25) is 4.90 Å². The van der Waals surface area contributed by atoms with Crippen molar-refractivity contribution in [1.82, 2.24) is 14.8 Å². The van der Waals surface area contributed by atoms with Crippen LogP contribution in [-0.4, -0.2) is 60.3 Å². The van der Waals surface area contributed by atoms with Gasteiger partial charge in [0.05, 0.1) is 19.2 Å². The van der Waals surface area contributed by atoms with Crippen LogP contribution in [0.5, 0.6) is 5.88 Å². The third kappa shape index (κ3) is 2.57. The molecule has 1 aromatic heterocycles. The molecule has 3 heterocycles. The standard InChI is InChI=1S/C18H21N3O3/c1-20-11-18(24-17(20)22)7-8-21(12-18)10-14-9-13-5-3-4-6-15(13)19-16(14)23-2/h3-6,9H,7-8,10-12H2,1-2H3/t18-/m1/s1. The molecule has 1 spiro atoms. The summed E-state index contributed by atoms with van der Waals surface area (Å²) in [5, 5.41) is 1.11. The molecule has 0 saturated carbocycles. The minimum absolute atomic E-state index is 0.221. The summed E-state index contributed by atoms with van der Waals surface area (Å²) in [5.41, 5.74) is 1.64. The van der Waals surface area contributed by atoms with Crippen molar-refractivity contribution in [2.75, 3.05) is 33.8 Å². The lowest BCUT2D eigenvalue weighted by Gasteiger charge is -2.22. The van der Waals surface area contributed by atoms with Crippen LogP contribution < -0.4 is 4.74 Å². The molecule has 0 aliphatic carbocycles. The Kier molecular flexibility index (Phi) is 3.57. The Morgan fingerprint density at radius 2 is 2.17 bits per heavy atom. The molecule has 2 aliphatic heterocycles. The van der Waals surface area contributed by atoms with Crippen molar-refractivity contribution in [3.05, 3.63) is 35.9 Å². The number of amides is 1. The molecule has 24 heavy (non-hydrogen) atoms. The number of likely N-dealkylation sites (N-methyl/N-ethyl adjacent to an activating group) is 1. The molecule has 0 radical (unpaired) electrons. The van der Waals surface area contributed by atoms with Crippen LogP contribution in [0.3, 0.4) is 0 Å². The van der Waals surface area contributed by atoms with Crippen molar-refractivity contribution in [2.45, 2.75) is 18.6 Å². The zero-order valence-electron chi connectivity index (χ0n) is 14.0. The second kappa shape index (κ2) is 5.63. The van der Waals surface area contributed by atoms with Crippen LogP contribution in [0.1, 0.15) is 12.0 Å². The first-order valence-electron chi connectivity index (χ1n) is 8.18. The second-order valence-electron chi connectivity index (χ2n) is 6.72. The smallest absolute Gasteiger partial charge is 0.410 e. The molecule has 1 amide bonds. The molecule has 6 heteroatoms. The topological polar surface area (TPSA) is 54.9 Å². The van der Waals surface area contributed by atoms with Crippen LogP contribution in [0, 0.1) is 0 Å². The number of aromatic nitrogens is 1. The number of methoxy groups -OCH3 is 1. The van der Waals surface area contributed by atoms with Crippen molar-refractivity contribution in [2.24, 2.45) is 0 Å². The third-order valence-corrected chi connectivity index (χ3v) is 4.89. The number of pyridine rings is 1. The fourth-order valence-corrected chi connectivity index (χ4v) is 3.74. The predicted molar refractivity (Wildman–Crippen MR) is 90.0 cm³/mol. The van der Waals surface area contributed by atoms with Crippen LogP contribution in [0.4, 0.5) is 4.79 Å². The van der Waals surface area contributed by atoms with Gasteiger partial charge in [-0.1, -0.05) is 18.2 Å². The summed E-state index contributed by atoms with van der Waals surface area (Å²) < 4.78 is 11.1. The lowest BCUT2D eigenvalue weighted by atomic mass is 10.0. The number of para-hydroxylation sites is 1. The Morgan fingerprint density at radius 3 is 2.92 bits per heavy atom. The van der Waals surface area contributed by atoms with Gasteiger partial charge >= 0.3 is 6.09 Å². The summed E-state index contributed by atoms with van der Waals surface area (Å²) in [6, 6.07) is 10.2. The van der Waals surface area contributed by atoms with E-state index in [-0.39, 0.29) is 11.7 Å². The van der Waals surface area contributed by atoms with Gasteiger partial charge < -0.3 is 14.4 Å². The van der Waals surface area contributed by atoms with E-state index in [1.54, 1.807) is 19.1 Å². The van der Waals surface area contributed by atoms with Gasteiger partial charge in [-0.05, 0) is 12.1 Å². The van der Waals surface area contributed by atoms with E-state index in [2.05, 4.69) is 22.0 Å². The molecular weight excluding hydrogens is 306 g/mol. The van der Waals surface area contributed by atoms with E-state index in [0.717, 1.165) is 42.5 Å². The number of fused-ring (bicyclic) bond motifs is 1. The number of benzene rings is 1. The molecule has 2 aliphatic rings. The van der Waals surface area contributed by atoms with Gasteiger partial charge in [0.15, 0.2) is 0 Å². The highest BCUT2D eigenvalue weighted by Crippen LogP contribution is 2.33. The summed E-state index contributed by atoms with van der Waals surface area (Å²) in [7, 11) is 3.44. The molecule has 0 N–H and O–H groups in total. The molecule has 2 aromatic rings. The summed E-state index contributed by atoms with van der Waals surface area (Å²) in [6.07, 6.45) is 0.647. The third-order valence-electron chi connectivity index (χ3n) is 4.89. The Labute approximate surface area is 141 Å². The number of ether oxygens (including phenoxy) is 2. The molecule has 1 aromatic carbocycles. The Hall–Kier alpha value is -2.34. The monoisotopic (exact) mass is 327 g/mol. The second-order valence-corrected chi connectivity index (χ2v) is 6.72. The number of carbonyl (C=O) groups excluding carboxylic acids is 1. The van der Waals surface area contributed by atoms with Gasteiger partial charge in [0.2, 0.25) is 5.88 Å².